The summed E-state index contributed by atoms with van der Waals surface area (Å²) >= 11 is 1.67. The van der Waals surface area contributed by atoms with Gasteiger partial charge in [0.25, 0.3) is 0 Å². The number of hydrogen-bond acceptors (Lipinski definition) is 3. The zero-order valence-electron chi connectivity index (χ0n) is 15.9. The highest BCUT2D eigenvalue weighted by Gasteiger charge is 2.12. The van der Waals surface area contributed by atoms with E-state index in [0.717, 1.165) is 24.3 Å². The minimum Gasteiger partial charge on any atom is -0.491 e. The van der Waals surface area contributed by atoms with E-state index < -0.39 is 0 Å². The lowest BCUT2D eigenvalue weighted by Gasteiger charge is -2.12. The highest BCUT2D eigenvalue weighted by molar-refractivity contribution is 7.99. The van der Waals surface area contributed by atoms with Gasteiger partial charge < -0.3 is 10.1 Å². The molecule has 0 bridgehead atoms. The van der Waals surface area contributed by atoms with Gasteiger partial charge in [-0.25, -0.2) is 0 Å². The third-order valence-electron chi connectivity index (χ3n) is 3.95. The molecule has 2 aromatic carbocycles. The van der Waals surface area contributed by atoms with Gasteiger partial charge in [-0.1, -0.05) is 42.5 Å². The Kier molecular flexibility index (Phi) is 8.56. The fraction of sp³-hybridized carbons (Fsp3) is 0.409. The molecule has 2 aromatic rings. The predicted octanol–water partition coefficient (Wildman–Crippen LogP) is 4.84. The Morgan fingerprint density at radius 1 is 1.00 bits per heavy atom. The number of rotatable bonds is 10. The molecule has 0 fully saturated rings. The lowest BCUT2D eigenvalue weighted by Crippen LogP contribution is -2.31. The lowest BCUT2D eigenvalue weighted by atomic mass is 10.1. The Morgan fingerprint density at radius 3 is 2.35 bits per heavy atom. The van der Waals surface area contributed by atoms with Gasteiger partial charge in [-0.2, -0.15) is 0 Å². The largest absolute Gasteiger partial charge is 0.491 e. The van der Waals surface area contributed by atoms with E-state index in [1.807, 2.05) is 51.1 Å². The van der Waals surface area contributed by atoms with Crippen LogP contribution in [-0.4, -0.2) is 23.8 Å². The summed E-state index contributed by atoms with van der Waals surface area (Å²) in [7, 11) is 0. The number of ether oxygens (including phenoxy) is 1. The van der Waals surface area contributed by atoms with Crippen LogP contribution in [0.5, 0.6) is 5.75 Å². The molecule has 0 saturated heterocycles. The first-order chi connectivity index (χ1) is 12.5. The van der Waals surface area contributed by atoms with Gasteiger partial charge in [0.2, 0.25) is 5.91 Å². The van der Waals surface area contributed by atoms with Crippen LogP contribution >= 0.6 is 11.8 Å². The summed E-state index contributed by atoms with van der Waals surface area (Å²) in [5, 5.41) is 3.00. The van der Waals surface area contributed by atoms with E-state index in [0.29, 0.717) is 6.54 Å². The molecule has 0 aliphatic heterocycles. The smallest absolute Gasteiger partial charge is 0.232 e. The summed E-state index contributed by atoms with van der Waals surface area (Å²) in [6.45, 7) is 6.72. The zero-order chi connectivity index (χ0) is 18.8. The van der Waals surface area contributed by atoms with E-state index in [1.165, 1.54) is 11.1 Å². The predicted molar refractivity (Wildman–Crippen MR) is 111 cm³/mol. The summed E-state index contributed by atoms with van der Waals surface area (Å²) in [6, 6.07) is 18.5. The molecular formula is C22H29NO2S. The maximum Gasteiger partial charge on any atom is 0.232 e. The molecule has 0 aliphatic carbocycles. The highest BCUT2D eigenvalue weighted by atomic mass is 32.2. The molecule has 26 heavy (non-hydrogen) atoms. The van der Waals surface area contributed by atoms with Crippen molar-refractivity contribution in [1.82, 2.24) is 5.32 Å². The Balaban J connectivity index is 1.63. The number of nitrogens with one attached hydrogen (secondary N) is 1. The molecule has 0 unspecified atom stereocenters. The third-order valence-corrected chi connectivity index (χ3v) is 5.16. The van der Waals surface area contributed by atoms with Crippen LogP contribution in [0.1, 0.15) is 38.3 Å². The summed E-state index contributed by atoms with van der Waals surface area (Å²) in [4.78, 5) is 12.2. The van der Waals surface area contributed by atoms with E-state index in [9.17, 15) is 4.79 Å². The fourth-order valence-electron chi connectivity index (χ4n) is 2.53. The van der Waals surface area contributed by atoms with E-state index in [4.69, 9.17) is 4.74 Å². The van der Waals surface area contributed by atoms with Crippen molar-refractivity contribution in [1.29, 1.82) is 0 Å². The van der Waals surface area contributed by atoms with Crippen molar-refractivity contribution in [2.75, 3.05) is 6.54 Å². The van der Waals surface area contributed by atoms with Crippen LogP contribution in [0.15, 0.2) is 54.6 Å². The van der Waals surface area contributed by atoms with Gasteiger partial charge in [0.1, 0.15) is 5.75 Å². The Morgan fingerprint density at radius 2 is 1.69 bits per heavy atom. The maximum absolute atomic E-state index is 12.2. The van der Waals surface area contributed by atoms with Gasteiger partial charge in [0.15, 0.2) is 0 Å². The van der Waals surface area contributed by atoms with Crippen LogP contribution < -0.4 is 10.1 Å². The SMILES string of the molecule is CC(C)Oc1ccc(CCCNC(=O)[C@@H](C)SCc2ccccc2)cc1. The second kappa shape index (κ2) is 10.9. The summed E-state index contributed by atoms with van der Waals surface area (Å²) in [5.41, 5.74) is 2.52. The number of thioether (sulfide) groups is 1. The second-order valence-corrected chi connectivity index (χ2v) is 7.97. The van der Waals surface area contributed by atoms with Crippen LogP contribution in [0.4, 0.5) is 0 Å². The number of carbonyl (C=O) groups is 1. The molecule has 0 aliphatic rings. The average Bonchev–Trinajstić information content (AvgIpc) is 2.64. The number of aryl methyl sites for hydroxylation is 1. The quantitative estimate of drug-likeness (QED) is 0.607. The van der Waals surface area contributed by atoms with Crippen LogP contribution in [0, 0.1) is 0 Å². The van der Waals surface area contributed by atoms with Crippen LogP contribution in [0.2, 0.25) is 0 Å². The van der Waals surface area contributed by atoms with Crippen molar-refractivity contribution in [3.8, 4) is 5.75 Å². The van der Waals surface area contributed by atoms with E-state index >= 15 is 0 Å². The van der Waals surface area contributed by atoms with Gasteiger partial charge in [-0.05, 0) is 56.9 Å². The molecule has 0 aromatic heterocycles. The van der Waals surface area contributed by atoms with Gasteiger partial charge in [-0.3, -0.25) is 4.79 Å². The summed E-state index contributed by atoms with van der Waals surface area (Å²) < 4.78 is 5.65. The van der Waals surface area contributed by atoms with Crippen molar-refractivity contribution in [3.63, 3.8) is 0 Å². The monoisotopic (exact) mass is 371 g/mol. The standard InChI is InChI=1S/C22H29NO2S/c1-17(2)25-21-13-11-19(12-14-21)10-7-15-23-22(24)18(3)26-16-20-8-5-4-6-9-20/h4-6,8-9,11-14,17-18H,7,10,15-16H2,1-3H3,(H,23,24)/t18-/m1/s1. The van der Waals surface area contributed by atoms with Crippen LogP contribution in [0.25, 0.3) is 0 Å². The molecule has 0 spiro atoms. The van der Waals surface area contributed by atoms with Crippen molar-refractivity contribution < 1.29 is 9.53 Å². The average molecular weight is 372 g/mol. The molecule has 0 heterocycles. The van der Waals surface area contributed by atoms with Gasteiger partial charge >= 0.3 is 0 Å². The van der Waals surface area contributed by atoms with Crippen molar-refractivity contribution >= 4 is 17.7 Å². The van der Waals surface area contributed by atoms with Crippen molar-refractivity contribution in [3.05, 3.63) is 65.7 Å². The molecule has 3 nitrogen and oxygen atoms in total. The topological polar surface area (TPSA) is 38.3 Å². The highest BCUT2D eigenvalue weighted by Crippen LogP contribution is 2.18. The summed E-state index contributed by atoms with van der Waals surface area (Å²) in [6.07, 6.45) is 2.08. The molecule has 0 radical (unpaired) electrons. The normalized spacial score (nSPS) is 12.0. The van der Waals surface area contributed by atoms with E-state index in [-0.39, 0.29) is 17.3 Å². The first-order valence-electron chi connectivity index (χ1n) is 9.23. The van der Waals surface area contributed by atoms with E-state index in [1.54, 1.807) is 11.8 Å². The van der Waals surface area contributed by atoms with Gasteiger partial charge in [0, 0.05) is 12.3 Å². The number of carbonyl (C=O) groups excluding carboxylic acids is 1. The minimum absolute atomic E-state index is 0.0392. The number of hydrogen-bond donors (Lipinski definition) is 1. The molecule has 4 heteroatoms. The Hall–Kier alpha value is -1.94. The number of benzene rings is 2. The first kappa shape index (κ1) is 20.4. The third kappa shape index (κ3) is 7.52. The van der Waals surface area contributed by atoms with E-state index in [2.05, 4.69) is 29.6 Å². The molecule has 140 valence electrons. The Bertz CT molecular complexity index is 656. The first-order valence-corrected chi connectivity index (χ1v) is 10.3. The maximum atomic E-state index is 12.2. The van der Waals surface area contributed by atoms with Gasteiger partial charge in [0.05, 0.1) is 11.4 Å². The molecule has 0 saturated carbocycles. The Labute approximate surface area is 161 Å². The fourth-order valence-corrected chi connectivity index (χ4v) is 3.40. The zero-order valence-corrected chi connectivity index (χ0v) is 16.7. The second-order valence-electron chi connectivity index (χ2n) is 6.64. The van der Waals surface area contributed by atoms with Crippen molar-refractivity contribution in [2.24, 2.45) is 0 Å². The molecule has 2 rings (SSSR count). The summed E-state index contributed by atoms with van der Waals surface area (Å²) in [5.74, 6) is 1.88. The van der Waals surface area contributed by atoms with Crippen molar-refractivity contribution in [2.45, 2.75) is 50.7 Å². The lowest BCUT2D eigenvalue weighted by molar-refractivity contribution is -0.120. The van der Waals surface area contributed by atoms with Gasteiger partial charge in [-0.15, -0.1) is 11.8 Å². The molecule has 1 amide bonds. The number of amides is 1. The van der Waals surface area contributed by atoms with Crippen LogP contribution in [0.3, 0.4) is 0 Å². The molecular weight excluding hydrogens is 342 g/mol. The molecule has 1 atom stereocenters. The minimum atomic E-state index is -0.0392. The molecule has 1 N–H and O–H groups in total. The van der Waals surface area contributed by atoms with Crippen LogP contribution in [-0.2, 0) is 17.0 Å².